The number of aromatic amines is 1. The number of fused-ring (bicyclic) bond motifs is 7. The van der Waals surface area contributed by atoms with Crippen LogP contribution in [0.4, 0.5) is 0 Å². The molecule has 1 amide bonds. The van der Waals surface area contributed by atoms with Crippen LogP contribution < -0.4 is 5.32 Å². The molecular formula is C26H35N5OS. The molecule has 2 N–H and O–H groups in total. The van der Waals surface area contributed by atoms with E-state index < -0.39 is 0 Å². The number of rotatable bonds is 4. The monoisotopic (exact) mass is 465 g/mol. The molecule has 2 aromatic rings. The van der Waals surface area contributed by atoms with Gasteiger partial charge in [-0.05, 0) is 74.0 Å². The standard InChI is InChI=1S/C26H35N5OS/c1-25-10-8-18-16(4-7-20-26(18,2)11-9-22-27-12-13-31(20)22)17(25)5-6-19(25)24(32)29-14-21-28-15-23(30-21)33-3/h9,11-13,15-20H,4-8,10,14H2,1-3H3,(H,28,30)(H,29,32)/t16-,17-,18-,19+,20?,25-,26+/m0/s1. The summed E-state index contributed by atoms with van der Waals surface area (Å²) >= 11 is 1.64. The number of H-pyrrole nitrogens is 1. The largest absolute Gasteiger partial charge is 0.349 e. The number of imidazole rings is 2. The van der Waals surface area contributed by atoms with Gasteiger partial charge in [0.05, 0.1) is 17.8 Å². The van der Waals surface area contributed by atoms with Crippen LogP contribution in [-0.2, 0) is 11.3 Å². The van der Waals surface area contributed by atoms with Crippen LogP contribution in [0.1, 0.15) is 70.1 Å². The summed E-state index contributed by atoms with van der Waals surface area (Å²) in [5.41, 5.74) is 0.299. The second-order valence-corrected chi connectivity index (χ2v) is 12.0. The summed E-state index contributed by atoms with van der Waals surface area (Å²) in [7, 11) is 0. The molecule has 3 fully saturated rings. The van der Waals surface area contributed by atoms with Crippen LogP contribution in [0, 0.1) is 34.5 Å². The Morgan fingerprint density at radius 1 is 1.21 bits per heavy atom. The lowest BCUT2D eigenvalue weighted by atomic mass is 9.48. The van der Waals surface area contributed by atoms with Crippen LogP contribution in [0.25, 0.3) is 6.08 Å². The Hall–Kier alpha value is -2.02. The molecule has 0 bridgehead atoms. The molecule has 6 nitrogen and oxygen atoms in total. The third kappa shape index (κ3) is 3.17. The van der Waals surface area contributed by atoms with Crippen molar-refractivity contribution in [3.05, 3.63) is 36.3 Å². The lowest BCUT2D eigenvalue weighted by molar-refractivity contribution is -0.133. The second-order valence-electron chi connectivity index (χ2n) is 11.2. The van der Waals surface area contributed by atoms with Crippen molar-refractivity contribution < 1.29 is 4.79 Å². The Kier molecular flexibility index (Phi) is 5.05. The summed E-state index contributed by atoms with van der Waals surface area (Å²) in [6.07, 6.45) is 19.8. The topological polar surface area (TPSA) is 75.6 Å². The van der Waals surface area contributed by atoms with Crippen molar-refractivity contribution in [2.24, 2.45) is 34.5 Å². The number of thioether (sulfide) groups is 1. The first-order chi connectivity index (χ1) is 15.9. The lowest BCUT2D eigenvalue weighted by Gasteiger charge is -2.59. The van der Waals surface area contributed by atoms with Crippen LogP contribution in [0.15, 0.2) is 29.7 Å². The molecule has 0 spiro atoms. The maximum Gasteiger partial charge on any atom is 0.224 e. The van der Waals surface area contributed by atoms with Gasteiger partial charge in [-0.25, -0.2) is 9.97 Å². The summed E-state index contributed by atoms with van der Waals surface area (Å²) in [6, 6.07) is 0.519. The first-order valence-corrected chi connectivity index (χ1v) is 13.7. The number of hydrogen-bond acceptors (Lipinski definition) is 4. The molecule has 4 aliphatic rings. The fraction of sp³-hybridized carbons (Fsp3) is 0.654. The molecule has 1 aliphatic heterocycles. The predicted octanol–water partition coefficient (Wildman–Crippen LogP) is 5.07. The fourth-order valence-electron chi connectivity index (χ4n) is 8.28. The van der Waals surface area contributed by atoms with Crippen LogP contribution in [-0.4, -0.2) is 31.7 Å². The summed E-state index contributed by atoms with van der Waals surface area (Å²) in [5.74, 6) is 4.34. The summed E-state index contributed by atoms with van der Waals surface area (Å²) in [4.78, 5) is 25.5. The van der Waals surface area contributed by atoms with Gasteiger partial charge in [-0.1, -0.05) is 19.9 Å². The number of aromatic nitrogens is 4. The van der Waals surface area contributed by atoms with Crippen molar-refractivity contribution >= 4 is 23.7 Å². The van der Waals surface area contributed by atoms with Gasteiger partial charge in [0.1, 0.15) is 11.6 Å². The number of carbonyl (C=O) groups excluding carboxylic acids is 1. The molecule has 33 heavy (non-hydrogen) atoms. The van der Waals surface area contributed by atoms with Crippen molar-refractivity contribution in [2.45, 2.75) is 70.0 Å². The van der Waals surface area contributed by atoms with Gasteiger partial charge in [0, 0.05) is 29.8 Å². The van der Waals surface area contributed by atoms with Gasteiger partial charge in [0.15, 0.2) is 0 Å². The summed E-state index contributed by atoms with van der Waals surface area (Å²) in [5, 5.41) is 4.24. The van der Waals surface area contributed by atoms with Gasteiger partial charge in [0.2, 0.25) is 5.91 Å². The number of carbonyl (C=O) groups is 1. The average Bonchev–Trinajstić information content (AvgIpc) is 3.54. The molecule has 0 radical (unpaired) electrons. The molecule has 0 saturated heterocycles. The molecule has 3 saturated carbocycles. The SMILES string of the molecule is CSc1cnc(CNC(=O)[C@H]2CC[C@H]3[C@@H]4CCC5n6ccnc6C=C[C@]5(C)[C@H]4CC[C@]23C)[nH]1. The number of amides is 1. The Morgan fingerprint density at radius 3 is 2.91 bits per heavy atom. The predicted molar refractivity (Wildman–Crippen MR) is 130 cm³/mol. The van der Waals surface area contributed by atoms with Crippen molar-refractivity contribution in [2.75, 3.05) is 6.26 Å². The van der Waals surface area contributed by atoms with Gasteiger partial charge in [-0.15, -0.1) is 11.8 Å². The summed E-state index contributed by atoms with van der Waals surface area (Å²) in [6.45, 7) is 5.39. The van der Waals surface area contributed by atoms with Crippen molar-refractivity contribution in [1.82, 2.24) is 24.8 Å². The number of nitrogens with zero attached hydrogens (tertiary/aromatic N) is 3. The van der Waals surface area contributed by atoms with Gasteiger partial charge < -0.3 is 14.9 Å². The molecule has 1 unspecified atom stereocenters. The zero-order valence-corrected chi connectivity index (χ0v) is 20.7. The third-order valence-corrected chi connectivity index (χ3v) is 10.6. The molecule has 3 heterocycles. The quantitative estimate of drug-likeness (QED) is 0.618. The van der Waals surface area contributed by atoms with Crippen molar-refractivity contribution in [1.29, 1.82) is 0 Å². The Labute approximate surface area is 200 Å². The highest BCUT2D eigenvalue weighted by Crippen LogP contribution is 2.67. The van der Waals surface area contributed by atoms with Gasteiger partial charge >= 0.3 is 0 Å². The number of nitrogens with one attached hydrogen (secondary N) is 2. The van der Waals surface area contributed by atoms with E-state index in [2.05, 4.69) is 57.0 Å². The lowest BCUT2D eigenvalue weighted by Crippen LogP contribution is -2.53. The van der Waals surface area contributed by atoms with E-state index in [9.17, 15) is 4.79 Å². The Bertz CT molecular complexity index is 1090. The third-order valence-electron chi connectivity index (χ3n) is 9.93. The smallest absolute Gasteiger partial charge is 0.224 e. The zero-order valence-electron chi connectivity index (χ0n) is 19.9. The van der Waals surface area contributed by atoms with E-state index in [1.54, 1.807) is 11.8 Å². The number of allylic oxidation sites excluding steroid dienone is 1. The van der Waals surface area contributed by atoms with E-state index in [1.165, 1.54) is 25.7 Å². The molecule has 7 heteroatoms. The molecular weight excluding hydrogens is 430 g/mol. The average molecular weight is 466 g/mol. The van der Waals surface area contributed by atoms with Crippen LogP contribution in [0.3, 0.4) is 0 Å². The highest BCUT2D eigenvalue weighted by atomic mass is 32.2. The molecule has 176 valence electrons. The molecule has 3 aliphatic carbocycles. The molecule has 0 aromatic carbocycles. The normalized spacial score (nSPS) is 38.8. The van der Waals surface area contributed by atoms with Crippen molar-refractivity contribution in [3.8, 4) is 0 Å². The first-order valence-electron chi connectivity index (χ1n) is 12.5. The van der Waals surface area contributed by atoms with Gasteiger partial charge in [-0.3, -0.25) is 4.79 Å². The Balaban J connectivity index is 1.19. The van der Waals surface area contributed by atoms with Gasteiger partial charge in [0.25, 0.3) is 0 Å². The van der Waals surface area contributed by atoms with E-state index in [4.69, 9.17) is 0 Å². The van der Waals surface area contributed by atoms with Crippen LogP contribution >= 0.6 is 11.8 Å². The minimum atomic E-state index is 0.112. The van der Waals surface area contributed by atoms with E-state index in [0.717, 1.165) is 29.5 Å². The fourth-order valence-corrected chi connectivity index (χ4v) is 8.66. The Morgan fingerprint density at radius 2 is 2.09 bits per heavy atom. The van der Waals surface area contributed by atoms with Gasteiger partial charge in [-0.2, -0.15) is 0 Å². The highest BCUT2D eigenvalue weighted by molar-refractivity contribution is 7.98. The van der Waals surface area contributed by atoms with Crippen LogP contribution in [0.5, 0.6) is 0 Å². The van der Waals surface area contributed by atoms with Crippen molar-refractivity contribution in [3.63, 3.8) is 0 Å². The van der Waals surface area contributed by atoms with E-state index >= 15 is 0 Å². The van der Waals surface area contributed by atoms with E-state index in [0.29, 0.717) is 30.3 Å². The molecule has 6 rings (SSSR count). The summed E-state index contributed by atoms with van der Waals surface area (Å²) < 4.78 is 2.42. The van der Waals surface area contributed by atoms with Crippen LogP contribution in [0.2, 0.25) is 0 Å². The minimum absolute atomic E-state index is 0.112. The van der Waals surface area contributed by atoms with E-state index in [-0.39, 0.29) is 22.7 Å². The maximum absolute atomic E-state index is 13.3. The van der Waals surface area contributed by atoms with E-state index in [1.807, 2.05) is 18.6 Å². The zero-order chi connectivity index (χ0) is 22.8. The number of hydrogen-bond donors (Lipinski definition) is 2. The molecule has 7 atom stereocenters. The first kappa shape index (κ1) is 21.5. The molecule has 2 aromatic heterocycles. The second kappa shape index (κ2) is 7.76. The maximum atomic E-state index is 13.3. The highest BCUT2D eigenvalue weighted by Gasteiger charge is 2.61. The minimum Gasteiger partial charge on any atom is -0.349 e.